The maximum atomic E-state index is 13.9. The molecule has 0 aliphatic carbocycles. The van der Waals surface area contributed by atoms with Gasteiger partial charge in [-0.25, -0.2) is 0 Å². The van der Waals surface area contributed by atoms with Gasteiger partial charge in [-0.05, 0) is 31.5 Å². The van der Waals surface area contributed by atoms with Crippen LogP contribution in [0.2, 0.25) is 0 Å². The number of benzene rings is 3. The molecule has 3 aromatic rings. The maximum Gasteiger partial charge on any atom is 0.209 e. The van der Waals surface area contributed by atoms with Crippen LogP contribution >= 0.6 is 0 Å². The summed E-state index contributed by atoms with van der Waals surface area (Å²) < 4.78 is 11.5. The highest BCUT2D eigenvalue weighted by Crippen LogP contribution is 2.35. The smallest absolute Gasteiger partial charge is 0.209 e. The number of carbonyl (C=O) groups excluding carboxylic acids is 1. The lowest BCUT2D eigenvalue weighted by Gasteiger charge is -2.22. The van der Waals surface area contributed by atoms with Gasteiger partial charge in [0, 0.05) is 17.3 Å². The van der Waals surface area contributed by atoms with Gasteiger partial charge in [-0.15, -0.1) is 0 Å². The lowest BCUT2D eigenvalue weighted by atomic mass is 9.98. The predicted molar refractivity (Wildman–Crippen MR) is 122 cm³/mol. The first-order valence-corrected chi connectivity index (χ1v) is 10.2. The Morgan fingerprint density at radius 1 is 0.968 bits per heavy atom. The minimum absolute atomic E-state index is 0.0987. The third kappa shape index (κ3) is 4.56. The highest BCUT2D eigenvalue weighted by atomic mass is 16.5. The van der Waals surface area contributed by atoms with Crippen molar-refractivity contribution < 1.29 is 14.3 Å². The Kier molecular flexibility index (Phi) is 5.67. The van der Waals surface area contributed by atoms with Crippen molar-refractivity contribution in [1.29, 1.82) is 0 Å². The quantitative estimate of drug-likeness (QED) is 0.560. The number of ketones is 1. The molecular weight excluding hydrogens is 388 g/mol. The molecule has 31 heavy (non-hydrogen) atoms. The second kappa shape index (κ2) is 8.56. The Hall–Kier alpha value is -3.73. The second-order valence-electron chi connectivity index (χ2n) is 7.89. The van der Waals surface area contributed by atoms with Crippen LogP contribution in [0.1, 0.15) is 31.0 Å². The number of ether oxygens (including phenoxy) is 2. The first-order chi connectivity index (χ1) is 15.0. The Morgan fingerprint density at radius 2 is 1.65 bits per heavy atom. The maximum absolute atomic E-state index is 13.9. The van der Waals surface area contributed by atoms with Crippen LogP contribution in [0.3, 0.4) is 0 Å². The fraction of sp³-hybridized carbons (Fsp3) is 0.192. The third-order valence-corrected chi connectivity index (χ3v) is 5.07. The molecule has 0 saturated carbocycles. The van der Waals surface area contributed by atoms with Crippen LogP contribution in [-0.2, 0) is 9.53 Å². The second-order valence-corrected chi connectivity index (χ2v) is 7.89. The van der Waals surface area contributed by atoms with E-state index in [1.807, 2.05) is 98.8 Å². The minimum atomic E-state index is -0.687. The average Bonchev–Trinajstić information content (AvgIpc) is 3.14. The zero-order valence-corrected chi connectivity index (χ0v) is 17.9. The van der Waals surface area contributed by atoms with Gasteiger partial charge in [-0.3, -0.25) is 4.79 Å². The van der Waals surface area contributed by atoms with Crippen molar-refractivity contribution in [2.75, 3.05) is 12.4 Å². The number of nitrogens with one attached hydrogen (secondary N) is 2. The number of anilines is 1. The summed E-state index contributed by atoms with van der Waals surface area (Å²) >= 11 is 0. The van der Waals surface area contributed by atoms with Crippen molar-refractivity contribution in [3.63, 3.8) is 0 Å². The van der Waals surface area contributed by atoms with Gasteiger partial charge < -0.3 is 20.1 Å². The minimum Gasteiger partial charge on any atom is -0.497 e. The molecular formula is C26H26N2O3. The Labute approximate surface area is 182 Å². The average molecular weight is 415 g/mol. The van der Waals surface area contributed by atoms with Gasteiger partial charge in [0.25, 0.3) is 0 Å². The van der Waals surface area contributed by atoms with Crippen LogP contribution in [0.5, 0.6) is 5.75 Å². The van der Waals surface area contributed by atoms with Gasteiger partial charge in [-0.1, -0.05) is 66.7 Å². The summed E-state index contributed by atoms with van der Waals surface area (Å²) in [6.07, 6.45) is 0. The van der Waals surface area contributed by atoms with E-state index >= 15 is 0 Å². The molecule has 5 nitrogen and oxygen atoms in total. The Bertz CT molecular complexity index is 1090. The Morgan fingerprint density at radius 3 is 2.32 bits per heavy atom. The fourth-order valence-electron chi connectivity index (χ4n) is 3.63. The molecule has 0 radical (unpaired) electrons. The highest BCUT2D eigenvalue weighted by molar-refractivity contribution is 6.06. The molecule has 0 saturated heterocycles. The molecule has 1 heterocycles. The summed E-state index contributed by atoms with van der Waals surface area (Å²) in [4.78, 5) is 13.9. The van der Waals surface area contributed by atoms with Crippen molar-refractivity contribution in [1.82, 2.24) is 5.32 Å². The topological polar surface area (TPSA) is 59.6 Å². The van der Waals surface area contributed by atoms with E-state index in [-0.39, 0.29) is 5.78 Å². The molecule has 1 aliphatic rings. The lowest BCUT2D eigenvalue weighted by molar-refractivity contribution is -0.116. The number of carbonyl (C=O) groups is 1. The third-order valence-electron chi connectivity index (χ3n) is 5.07. The normalized spacial score (nSPS) is 15.6. The van der Waals surface area contributed by atoms with Crippen LogP contribution in [0, 0.1) is 0 Å². The highest BCUT2D eigenvalue weighted by Gasteiger charge is 2.38. The van der Waals surface area contributed by atoms with Crippen molar-refractivity contribution in [3.05, 3.63) is 102 Å². The van der Waals surface area contributed by atoms with Crippen LogP contribution in [0.15, 0.2) is 90.6 Å². The van der Waals surface area contributed by atoms with Crippen molar-refractivity contribution in [3.8, 4) is 5.75 Å². The number of rotatable bonds is 7. The van der Waals surface area contributed by atoms with Crippen molar-refractivity contribution in [2.24, 2.45) is 0 Å². The van der Waals surface area contributed by atoms with E-state index in [1.165, 1.54) is 0 Å². The van der Waals surface area contributed by atoms with Crippen molar-refractivity contribution >= 4 is 17.2 Å². The van der Waals surface area contributed by atoms with Gasteiger partial charge in [0.2, 0.25) is 5.78 Å². The fourth-order valence-corrected chi connectivity index (χ4v) is 3.63. The van der Waals surface area contributed by atoms with Gasteiger partial charge in [0.15, 0.2) is 11.5 Å². The van der Waals surface area contributed by atoms with Crippen LogP contribution in [0.25, 0.3) is 5.76 Å². The zero-order valence-electron chi connectivity index (χ0n) is 17.9. The summed E-state index contributed by atoms with van der Waals surface area (Å²) in [5, 5.41) is 6.67. The van der Waals surface area contributed by atoms with Crippen LogP contribution < -0.4 is 15.4 Å². The van der Waals surface area contributed by atoms with E-state index < -0.39 is 11.8 Å². The van der Waals surface area contributed by atoms with E-state index in [9.17, 15) is 4.79 Å². The first-order valence-electron chi connectivity index (χ1n) is 10.2. The molecule has 5 heteroatoms. The van der Waals surface area contributed by atoms with Gasteiger partial charge in [0.05, 0.1) is 7.11 Å². The zero-order chi connectivity index (χ0) is 21.8. The molecule has 158 valence electrons. The molecule has 1 aliphatic heterocycles. The summed E-state index contributed by atoms with van der Waals surface area (Å²) in [6.45, 7) is 3.81. The predicted octanol–water partition coefficient (Wildman–Crippen LogP) is 5.14. The summed E-state index contributed by atoms with van der Waals surface area (Å²) in [7, 11) is 1.62. The van der Waals surface area contributed by atoms with E-state index in [4.69, 9.17) is 9.47 Å². The largest absolute Gasteiger partial charge is 0.497 e. The molecule has 0 amide bonds. The van der Waals surface area contributed by atoms with Gasteiger partial charge >= 0.3 is 0 Å². The number of hydrogen-bond donors (Lipinski definition) is 2. The monoisotopic (exact) mass is 414 g/mol. The SMILES string of the molecule is COc1cccc(NC(C(=O)C2=C(c3ccccc3)OC(C)(C)N2)c2ccccc2)c1. The standard InChI is InChI=1S/C26H26N2O3/c1-26(2)28-23(25(31-26)19-13-8-5-9-14-19)24(29)22(18-11-6-4-7-12-18)27-20-15-10-16-21(17-20)30-3/h4-17,22,27-28H,1-3H3. The summed E-state index contributed by atoms with van der Waals surface area (Å²) in [5.41, 5.74) is 2.29. The number of Topliss-reactive ketones (excluding diaryl/α,β-unsaturated/α-hetero) is 1. The van der Waals surface area contributed by atoms with E-state index in [2.05, 4.69) is 10.6 Å². The molecule has 0 aromatic heterocycles. The molecule has 0 fully saturated rings. The molecule has 4 rings (SSSR count). The number of hydrogen-bond acceptors (Lipinski definition) is 5. The first kappa shape index (κ1) is 20.5. The van der Waals surface area contributed by atoms with E-state index in [1.54, 1.807) is 7.11 Å². The summed E-state index contributed by atoms with van der Waals surface area (Å²) in [6, 6.07) is 26.3. The van der Waals surface area contributed by atoms with Gasteiger partial charge in [-0.2, -0.15) is 0 Å². The van der Waals surface area contributed by atoms with Crippen molar-refractivity contribution in [2.45, 2.75) is 25.6 Å². The molecule has 0 spiro atoms. The van der Waals surface area contributed by atoms with E-state index in [0.29, 0.717) is 11.5 Å². The lowest BCUT2D eigenvalue weighted by Crippen LogP contribution is -2.38. The molecule has 2 N–H and O–H groups in total. The van der Waals surface area contributed by atoms with E-state index in [0.717, 1.165) is 22.6 Å². The molecule has 1 unspecified atom stereocenters. The molecule has 0 bridgehead atoms. The Balaban J connectivity index is 1.76. The van der Waals surface area contributed by atoms with Crippen LogP contribution in [-0.4, -0.2) is 18.6 Å². The summed E-state index contributed by atoms with van der Waals surface area (Å²) in [5.74, 6) is 1.18. The van der Waals surface area contributed by atoms with Gasteiger partial charge in [0.1, 0.15) is 17.5 Å². The number of methoxy groups -OCH3 is 1. The molecule has 1 atom stereocenters. The van der Waals surface area contributed by atoms with Crippen LogP contribution in [0.4, 0.5) is 5.69 Å². The molecule has 3 aromatic carbocycles.